The minimum atomic E-state index is -0.790. The maximum atomic E-state index is 14.9. The predicted octanol–water partition coefficient (Wildman–Crippen LogP) is 0.978. The van der Waals surface area contributed by atoms with Crippen LogP contribution in [0.4, 0.5) is 4.39 Å². The third kappa shape index (κ3) is 5.78. The lowest BCUT2D eigenvalue weighted by Crippen LogP contribution is -2.48. The van der Waals surface area contributed by atoms with Crippen LogP contribution in [-0.2, 0) is 22.4 Å². The summed E-state index contributed by atoms with van der Waals surface area (Å²) in [5.41, 5.74) is 1.97. The van der Waals surface area contributed by atoms with Gasteiger partial charge in [0.05, 0.1) is 43.2 Å². The number of hydrogen-bond acceptors (Lipinski definition) is 7. The van der Waals surface area contributed by atoms with E-state index in [1.807, 2.05) is 0 Å². The molecule has 5 rings (SSSR count). The molecule has 10 nitrogen and oxygen atoms in total. The molecule has 2 atom stereocenters. The summed E-state index contributed by atoms with van der Waals surface area (Å²) in [6.45, 7) is 2.24. The Hall–Kier alpha value is -3.57. The summed E-state index contributed by atoms with van der Waals surface area (Å²) in [6, 6.07) is 5.50. The van der Waals surface area contributed by atoms with Crippen molar-refractivity contribution >= 4 is 17.7 Å². The summed E-state index contributed by atoms with van der Waals surface area (Å²) in [5, 5.41) is 15.4. The molecule has 0 spiro atoms. The molecular formula is C27H31FN4O6. The largest absolute Gasteiger partial charge is 0.491 e. The maximum Gasteiger partial charge on any atom is 0.270 e. The van der Waals surface area contributed by atoms with Crippen LogP contribution >= 0.6 is 0 Å². The van der Waals surface area contributed by atoms with Crippen molar-refractivity contribution in [2.75, 3.05) is 39.5 Å². The third-order valence-corrected chi connectivity index (χ3v) is 7.11. The van der Waals surface area contributed by atoms with Gasteiger partial charge in [-0.3, -0.25) is 14.4 Å². The molecule has 2 saturated heterocycles. The van der Waals surface area contributed by atoms with Crippen LogP contribution < -0.4 is 15.4 Å². The van der Waals surface area contributed by atoms with Crippen molar-refractivity contribution in [1.29, 1.82) is 0 Å². The van der Waals surface area contributed by atoms with E-state index in [0.717, 1.165) is 12.8 Å². The number of likely N-dealkylation sites (tertiary alicyclic amines) is 1. The second-order valence-electron chi connectivity index (χ2n) is 9.81. The van der Waals surface area contributed by atoms with Gasteiger partial charge in [0.2, 0.25) is 5.91 Å². The Balaban J connectivity index is 1.27. The molecule has 0 saturated carbocycles. The highest BCUT2D eigenvalue weighted by atomic mass is 19.1. The number of benzene rings is 1. The molecule has 1 aromatic carbocycles. The van der Waals surface area contributed by atoms with Crippen LogP contribution in [0.15, 0.2) is 24.3 Å². The first-order chi connectivity index (χ1) is 18.4. The van der Waals surface area contributed by atoms with Crippen molar-refractivity contribution in [2.45, 2.75) is 44.2 Å². The highest BCUT2D eigenvalue weighted by Gasteiger charge is 2.28. The molecule has 0 radical (unpaired) electrons. The van der Waals surface area contributed by atoms with E-state index in [2.05, 4.69) is 15.6 Å². The highest BCUT2D eigenvalue weighted by molar-refractivity contribution is 5.96. The number of hydrogen-bond donors (Lipinski definition) is 3. The standard InChI is InChI=1S/C27H31FN4O6/c28-19-12-16(3-4-18(19)26(35)29-14-24(34)32-7-1-2-8-32)11-17-13-22(30-21-6-10-38-25(17)21)27(36)31-20-5-9-37-15-23(20)33/h3-4,12-13,20,23,33H,1-2,5-11,14-15H2,(H,29,35)(H,31,36)/t20-,23-/m0/s1. The fraction of sp³-hybridized carbons (Fsp3) is 0.481. The molecule has 2 aromatic rings. The van der Waals surface area contributed by atoms with Crippen LogP contribution in [-0.4, -0.2) is 84.3 Å². The van der Waals surface area contributed by atoms with Crippen molar-refractivity contribution in [3.8, 4) is 5.75 Å². The maximum absolute atomic E-state index is 14.9. The molecule has 3 aliphatic heterocycles. The fourth-order valence-corrected chi connectivity index (χ4v) is 5.02. The summed E-state index contributed by atoms with van der Waals surface area (Å²) >= 11 is 0. The zero-order chi connectivity index (χ0) is 26.6. The van der Waals surface area contributed by atoms with E-state index in [4.69, 9.17) is 9.47 Å². The van der Waals surface area contributed by atoms with Gasteiger partial charge in [0.1, 0.15) is 17.3 Å². The van der Waals surface area contributed by atoms with Crippen molar-refractivity contribution in [1.82, 2.24) is 20.5 Å². The number of aromatic nitrogens is 1. The highest BCUT2D eigenvalue weighted by Crippen LogP contribution is 2.31. The average Bonchev–Trinajstić information content (AvgIpc) is 3.61. The Labute approximate surface area is 219 Å². The van der Waals surface area contributed by atoms with Crippen LogP contribution in [0.2, 0.25) is 0 Å². The van der Waals surface area contributed by atoms with Gasteiger partial charge in [-0.2, -0.15) is 0 Å². The average molecular weight is 527 g/mol. The number of aliphatic hydroxyl groups excluding tert-OH is 1. The second-order valence-corrected chi connectivity index (χ2v) is 9.81. The number of rotatable bonds is 7. The van der Waals surface area contributed by atoms with Gasteiger partial charge < -0.3 is 30.1 Å². The summed E-state index contributed by atoms with van der Waals surface area (Å²) in [7, 11) is 0. The van der Waals surface area contributed by atoms with E-state index >= 15 is 0 Å². The lowest BCUT2D eigenvalue weighted by molar-refractivity contribution is -0.129. The van der Waals surface area contributed by atoms with Crippen molar-refractivity contribution in [3.05, 3.63) is 58.2 Å². The molecule has 0 unspecified atom stereocenters. The zero-order valence-corrected chi connectivity index (χ0v) is 21.0. The van der Waals surface area contributed by atoms with Gasteiger partial charge in [-0.05, 0) is 43.0 Å². The van der Waals surface area contributed by atoms with Gasteiger partial charge in [-0.1, -0.05) is 6.07 Å². The zero-order valence-electron chi connectivity index (χ0n) is 21.0. The Morgan fingerprint density at radius 3 is 2.71 bits per heavy atom. The number of pyridine rings is 1. The second kappa shape index (κ2) is 11.4. The lowest BCUT2D eigenvalue weighted by atomic mass is 10.0. The van der Waals surface area contributed by atoms with E-state index in [1.165, 1.54) is 12.1 Å². The Morgan fingerprint density at radius 2 is 1.95 bits per heavy atom. The van der Waals surface area contributed by atoms with Crippen LogP contribution in [0.25, 0.3) is 0 Å². The van der Waals surface area contributed by atoms with Gasteiger partial charge in [0, 0.05) is 38.1 Å². The number of nitrogens with one attached hydrogen (secondary N) is 2. The van der Waals surface area contributed by atoms with E-state index in [-0.39, 0.29) is 36.7 Å². The minimum Gasteiger partial charge on any atom is -0.491 e. The molecule has 1 aromatic heterocycles. The summed E-state index contributed by atoms with van der Waals surface area (Å²) in [6.07, 6.45) is 2.42. The van der Waals surface area contributed by atoms with E-state index in [1.54, 1.807) is 17.0 Å². The number of amides is 3. The van der Waals surface area contributed by atoms with E-state index in [9.17, 15) is 23.9 Å². The topological polar surface area (TPSA) is 130 Å². The first kappa shape index (κ1) is 26.1. The molecule has 3 aliphatic rings. The van der Waals surface area contributed by atoms with Crippen LogP contribution in [0.5, 0.6) is 5.75 Å². The molecule has 202 valence electrons. The SMILES string of the molecule is O=C(N[C@H]1CCOC[C@@H]1O)c1cc(Cc2ccc(C(=O)NCC(=O)N3CCCC3)c(F)c2)c2c(n1)CCO2. The van der Waals surface area contributed by atoms with Crippen molar-refractivity contribution in [2.24, 2.45) is 0 Å². The van der Waals surface area contributed by atoms with Gasteiger partial charge in [-0.25, -0.2) is 9.37 Å². The predicted molar refractivity (Wildman–Crippen MR) is 133 cm³/mol. The van der Waals surface area contributed by atoms with Gasteiger partial charge in [0.25, 0.3) is 11.8 Å². The molecule has 4 heterocycles. The molecule has 0 bridgehead atoms. The van der Waals surface area contributed by atoms with Gasteiger partial charge >= 0.3 is 0 Å². The molecule has 0 aliphatic carbocycles. The summed E-state index contributed by atoms with van der Waals surface area (Å²) in [5.74, 6) is -1.36. The number of aliphatic hydroxyl groups is 1. The molecule has 3 amide bonds. The number of nitrogens with zero attached hydrogens (tertiary/aromatic N) is 2. The van der Waals surface area contributed by atoms with Crippen LogP contribution in [0.1, 0.15) is 56.9 Å². The Bertz CT molecular complexity index is 1230. The van der Waals surface area contributed by atoms with Crippen molar-refractivity contribution < 1.29 is 33.4 Å². The first-order valence-electron chi connectivity index (χ1n) is 13.0. The Morgan fingerprint density at radius 1 is 1.13 bits per heavy atom. The summed E-state index contributed by atoms with van der Waals surface area (Å²) in [4.78, 5) is 43.7. The van der Waals surface area contributed by atoms with Crippen LogP contribution in [0, 0.1) is 5.82 Å². The first-order valence-corrected chi connectivity index (χ1v) is 13.0. The van der Waals surface area contributed by atoms with Gasteiger partial charge in [0.15, 0.2) is 0 Å². The molecule has 38 heavy (non-hydrogen) atoms. The normalized spacial score (nSPS) is 20.5. The molecular weight excluding hydrogens is 495 g/mol. The summed E-state index contributed by atoms with van der Waals surface area (Å²) < 4.78 is 25.9. The van der Waals surface area contributed by atoms with E-state index in [0.29, 0.717) is 61.7 Å². The number of carbonyl (C=O) groups is 3. The number of ether oxygens (including phenoxy) is 2. The number of fused-ring (bicyclic) bond motifs is 1. The number of carbonyl (C=O) groups excluding carboxylic acids is 3. The quantitative estimate of drug-likeness (QED) is 0.490. The number of halogens is 1. The molecule has 2 fully saturated rings. The minimum absolute atomic E-state index is 0.144. The fourth-order valence-electron chi connectivity index (χ4n) is 5.02. The van der Waals surface area contributed by atoms with Crippen molar-refractivity contribution in [3.63, 3.8) is 0 Å². The Kier molecular flexibility index (Phi) is 7.85. The van der Waals surface area contributed by atoms with E-state index < -0.39 is 29.8 Å². The van der Waals surface area contributed by atoms with Crippen LogP contribution in [0.3, 0.4) is 0 Å². The molecule has 3 N–H and O–H groups in total. The lowest BCUT2D eigenvalue weighted by Gasteiger charge is -2.28. The third-order valence-electron chi connectivity index (χ3n) is 7.11. The van der Waals surface area contributed by atoms with Gasteiger partial charge in [-0.15, -0.1) is 0 Å². The molecule has 11 heteroatoms. The monoisotopic (exact) mass is 526 g/mol. The smallest absolute Gasteiger partial charge is 0.270 e.